The number of benzene rings is 1. The van der Waals surface area contributed by atoms with Crippen LogP contribution in [0.25, 0.3) is 0 Å². The van der Waals surface area contributed by atoms with Crippen LogP contribution in [-0.2, 0) is 11.8 Å². The molecule has 0 amide bonds. The number of ether oxygens (including phenoxy) is 1. The van der Waals surface area contributed by atoms with Crippen LogP contribution in [0, 0.1) is 0 Å². The van der Waals surface area contributed by atoms with Gasteiger partial charge in [-0.25, -0.2) is 0 Å². The van der Waals surface area contributed by atoms with Crippen molar-refractivity contribution in [1.82, 2.24) is 0 Å². The lowest BCUT2D eigenvalue weighted by atomic mass is 9.79. The van der Waals surface area contributed by atoms with E-state index < -0.39 is 0 Å². The molecule has 0 atom stereocenters. The number of fused-ring (bicyclic) bond motifs is 1. The number of aromatic hydroxyl groups is 1. The summed E-state index contributed by atoms with van der Waals surface area (Å²) in [6.07, 6.45) is 1.97. The lowest BCUT2D eigenvalue weighted by molar-refractivity contribution is 0.0837. The molecule has 1 aromatic carbocycles. The van der Waals surface area contributed by atoms with Crippen LogP contribution in [0.5, 0.6) is 11.5 Å². The number of hydrogen-bond acceptors (Lipinski definition) is 2. The van der Waals surface area contributed by atoms with Crippen LogP contribution in [0.1, 0.15) is 52.2 Å². The number of hydrogen-bond donors (Lipinski definition) is 1. The number of phenolic OH excluding ortho intramolecular Hbond substituents is 1. The molecule has 1 aliphatic rings. The van der Waals surface area contributed by atoms with Crippen molar-refractivity contribution in [3.05, 3.63) is 23.3 Å². The lowest BCUT2D eigenvalue weighted by Gasteiger charge is -2.36. The first-order chi connectivity index (χ1) is 7.71. The van der Waals surface area contributed by atoms with E-state index in [4.69, 9.17) is 4.74 Å². The van der Waals surface area contributed by atoms with E-state index in [0.717, 1.165) is 24.2 Å². The van der Waals surface area contributed by atoms with Crippen LogP contribution < -0.4 is 4.74 Å². The van der Waals surface area contributed by atoms with Gasteiger partial charge in [-0.05, 0) is 44.2 Å². The molecular weight excluding hydrogens is 212 g/mol. The van der Waals surface area contributed by atoms with Gasteiger partial charge in [-0.1, -0.05) is 20.8 Å². The van der Waals surface area contributed by atoms with E-state index in [-0.39, 0.29) is 11.0 Å². The molecule has 0 fully saturated rings. The van der Waals surface area contributed by atoms with Gasteiger partial charge in [0.1, 0.15) is 17.1 Å². The molecule has 0 unspecified atom stereocenters. The van der Waals surface area contributed by atoms with Crippen LogP contribution in [0.3, 0.4) is 0 Å². The molecule has 1 aliphatic heterocycles. The van der Waals surface area contributed by atoms with Gasteiger partial charge in [0.15, 0.2) is 0 Å². The zero-order valence-electron chi connectivity index (χ0n) is 11.4. The summed E-state index contributed by atoms with van der Waals surface area (Å²) in [6, 6.07) is 3.64. The Morgan fingerprint density at radius 3 is 2.47 bits per heavy atom. The van der Waals surface area contributed by atoms with Crippen LogP contribution >= 0.6 is 0 Å². The molecule has 1 N–H and O–H groups in total. The first kappa shape index (κ1) is 12.3. The van der Waals surface area contributed by atoms with Crippen molar-refractivity contribution in [1.29, 1.82) is 0 Å². The predicted octanol–water partition coefficient (Wildman–Crippen LogP) is 3.79. The third kappa shape index (κ3) is 2.26. The van der Waals surface area contributed by atoms with Gasteiger partial charge in [0.2, 0.25) is 0 Å². The molecule has 1 aromatic rings. The summed E-state index contributed by atoms with van der Waals surface area (Å²) in [5.41, 5.74) is 2.06. The smallest absolute Gasteiger partial charge is 0.123 e. The Hall–Kier alpha value is -1.18. The van der Waals surface area contributed by atoms with Crippen LogP contribution in [-0.4, -0.2) is 10.7 Å². The standard InChI is InChI=1S/C15H22O2/c1-14(2,3)13-10-8-9-15(4,5)17-12(10)7-6-11(13)16/h6-7,16H,8-9H2,1-5H3. The second-order valence-electron chi connectivity index (χ2n) is 6.55. The molecule has 2 nitrogen and oxygen atoms in total. The second-order valence-corrected chi connectivity index (χ2v) is 6.55. The molecule has 0 saturated carbocycles. The van der Waals surface area contributed by atoms with E-state index in [1.807, 2.05) is 6.07 Å². The van der Waals surface area contributed by atoms with Gasteiger partial charge in [-0.3, -0.25) is 0 Å². The molecule has 0 radical (unpaired) electrons. The molecule has 0 aliphatic carbocycles. The van der Waals surface area contributed by atoms with Crippen molar-refractivity contribution in [2.24, 2.45) is 0 Å². The second kappa shape index (κ2) is 3.66. The molecular formula is C15H22O2. The fraction of sp³-hybridized carbons (Fsp3) is 0.600. The topological polar surface area (TPSA) is 29.5 Å². The van der Waals surface area contributed by atoms with E-state index in [1.165, 1.54) is 5.56 Å². The van der Waals surface area contributed by atoms with Crippen molar-refractivity contribution in [2.45, 2.75) is 58.5 Å². The van der Waals surface area contributed by atoms with Crippen molar-refractivity contribution in [3.63, 3.8) is 0 Å². The quantitative estimate of drug-likeness (QED) is 0.740. The maximum absolute atomic E-state index is 10.1. The summed E-state index contributed by atoms with van der Waals surface area (Å²) in [6.45, 7) is 10.6. The summed E-state index contributed by atoms with van der Waals surface area (Å²) in [5, 5.41) is 10.1. The lowest BCUT2D eigenvalue weighted by Crippen LogP contribution is -2.33. The van der Waals surface area contributed by atoms with E-state index in [0.29, 0.717) is 5.75 Å². The summed E-state index contributed by atoms with van der Waals surface area (Å²) in [5.74, 6) is 1.32. The Morgan fingerprint density at radius 1 is 1.24 bits per heavy atom. The fourth-order valence-electron chi connectivity index (χ4n) is 2.57. The minimum atomic E-state index is -0.0981. The van der Waals surface area contributed by atoms with Crippen LogP contribution in [0.2, 0.25) is 0 Å². The van der Waals surface area contributed by atoms with Crippen molar-refractivity contribution in [3.8, 4) is 11.5 Å². The van der Waals surface area contributed by atoms with Crippen molar-refractivity contribution in [2.75, 3.05) is 0 Å². The number of rotatable bonds is 0. The van der Waals surface area contributed by atoms with Gasteiger partial charge in [0.05, 0.1) is 0 Å². The van der Waals surface area contributed by atoms with Gasteiger partial charge in [-0.2, -0.15) is 0 Å². The summed E-state index contributed by atoms with van der Waals surface area (Å²) in [4.78, 5) is 0. The number of phenols is 1. The summed E-state index contributed by atoms with van der Waals surface area (Å²) < 4.78 is 6.00. The largest absolute Gasteiger partial charge is 0.508 e. The minimum Gasteiger partial charge on any atom is -0.508 e. The average molecular weight is 234 g/mol. The molecule has 0 aromatic heterocycles. The van der Waals surface area contributed by atoms with Gasteiger partial charge in [0, 0.05) is 11.1 Å². The van der Waals surface area contributed by atoms with Gasteiger partial charge < -0.3 is 9.84 Å². The third-order valence-electron chi connectivity index (χ3n) is 3.36. The average Bonchev–Trinajstić information content (AvgIpc) is 2.15. The molecule has 1 heterocycles. The van der Waals surface area contributed by atoms with E-state index in [2.05, 4.69) is 34.6 Å². The first-order valence-corrected chi connectivity index (χ1v) is 6.25. The molecule has 0 spiro atoms. The summed E-state index contributed by atoms with van der Waals surface area (Å²) >= 11 is 0. The maximum Gasteiger partial charge on any atom is 0.123 e. The van der Waals surface area contributed by atoms with E-state index in [9.17, 15) is 5.11 Å². The SMILES string of the molecule is CC1(C)CCc2c(ccc(O)c2C(C)(C)C)O1. The van der Waals surface area contributed by atoms with E-state index in [1.54, 1.807) is 6.07 Å². The molecule has 2 heteroatoms. The molecule has 0 saturated heterocycles. The maximum atomic E-state index is 10.1. The van der Waals surface area contributed by atoms with Gasteiger partial charge >= 0.3 is 0 Å². The van der Waals surface area contributed by atoms with Crippen LogP contribution in [0.15, 0.2) is 12.1 Å². The fourth-order valence-corrected chi connectivity index (χ4v) is 2.57. The van der Waals surface area contributed by atoms with E-state index >= 15 is 0 Å². The van der Waals surface area contributed by atoms with Gasteiger partial charge in [-0.15, -0.1) is 0 Å². The Kier molecular flexibility index (Phi) is 2.64. The first-order valence-electron chi connectivity index (χ1n) is 6.25. The zero-order valence-corrected chi connectivity index (χ0v) is 11.4. The van der Waals surface area contributed by atoms with Crippen molar-refractivity contribution >= 4 is 0 Å². The third-order valence-corrected chi connectivity index (χ3v) is 3.36. The Morgan fingerprint density at radius 2 is 1.88 bits per heavy atom. The predicted molar refractivity (Wildman–Crippen MR) is 69.8 cm³/mol. The Balaban J connectivity index is 2.56. The normalized spacial score (nSPS) is 18.4. The molecule has 17 heavy (non-hydrogen) atoms. The Bertz CT molecular complexity index is 439. The minimum absolute atomic E-state index is 0.0553. The zero-order chi connectivity index (χ0) is 12.8. The highest BCUT2D eigenvalue weighted by Crippen LogP contribution is 2.43. The van der Waals surface area contributed by atoms with Crippen molar-refractivity contribution < 1.29 is 9.84 Å². The highest BCUT2D eigenvalue weighted by atomic mass is 16.5. The highest BCUT2D eigenvalue weighted by Gasteiger charge is 2.32. The molecule has 2 rings (SSSR count). The monoisotopic (exact) mass is 234 g/mol. The molecule has 0 bridgehead atoms. The molecule has 94 valence electrons. The Labute approximate surface area is 104 Å². The van der Waals surface area contributed by atoms with Gasteiger partial charge in [0.25, 0.3) is 0 Å². The highest BCUT2D eigenvalue weighted by molar-refractivity contribution is 5.52. The summed E-state index contributed by atoms with van der Waals surface area (Å²) in [7, 11) is 0. The van der Waals surface area contributed by atoms with Crippen LogP contribution in [0.4, 0.5) is 0 Å².